The highest BCUT2D eigenvalue weighted by atomic mass is 32.2. The minimum atomic E-state index is -3.29. The van der Waals surface area contributed by atoms with Gasteiger partial charge in [-0.3, -0.25) is 9.69 Å². The fraction of sp³-hybridized carbons (Fsp3) is 0.938. The second-order valence-electron chi connectivity index (χ2n) is 7.20. The maximum absolute atomic E-state index is 12.3. The van der Waals surface area contributed by atoms with Crippen molar-refractivity contribution in [1.82, 2.24) is 9.80 Å². The van der Waals surface area contributed by atoms with E-state index in [0.717, 1.165) is 45.2 Å². The molecule has 1 N–H and O–H groups in total. The molecule has 3 fully saturated rings. The second-order valence-corrected chi connectivity index (χ2v) is 9.48. The molecule has 2 atom stereocenters. The molecule has 0 aromatic rings. The van der Waals surface area contributed by atoms with Crippen LogP contribution in [0.4, 0.5) is 0 Å². The number of aliphatic hydroxyl groups excluding tert-OH is 1. The summed E-state index contributed by atoms with van der Waals surface area (Å²) in [5, 5.41) is 9.68. The fourth-order valence-corrected chi connectivity index (χ4v) is 6.09. The Balaban J connectivity index is 1.50. The fourth-order valence-electron chi connectivity index (χ4n) is 4.28. The van der Waals surface area contributed by atoms with Gasteiger partial charge in [0.05, 0.1) is 11.4 Å². The Kier molecular flexibility index (Phi) is 5.28. The third-order valence-electron chi connectivity index (χ3n) is 5.71. The molecule has 0 spiro atoms. The van der Waals surface area contributed by atoms with E-state index in [1.165, 1.54) is 0 Å². The lowest BCUT2D eigenvalue weighted by Crippen LogP contribution is -2.54. The Morgan fingerprint density at radius 1 is 0.957 bits per heavy atom. The summed E-state index contributed by atoms with van der Waals surface area (Å²) in [7, 11) is -3.29. The van der Waals surface area contributed by atoms with Crippen LogP contribution < -0.4 is 0 Å². The van der Waals surface area contributed by atoms with Gasteiger partial charge in [0.2, 0.25) is 5.91 Å². The quantitative estimate of drug-likeness (QED) is 0.799. The van der Waals surface area contributed by atoms with Crippen molar-refractivity contribution < 1.29 is 18.3 Å². The molecule has 7 heteroatoms. The number of sulfone groups is 1. The monoisotopic (exact) mass is 344 g/mol. The van der Waals surface area contributed by atoms with Gasteiger partial charge in [-0.1, -0.05) is 12.8 Å². The van der Waals surface area contributed by atoms with Crippen LogP contribution in [0.5, 0.6) is 0 Å². The van der Waals surface area contributed by atoms with Gasteiger partial charge in [0.25, 0.3) is 0 Å². The van der Waals surface area contributed by atoms with E-state index in [1.54, 1.807) is 4.90 Å². The zero-order valence-corrected chi connectivity index (χ0v) is 14.5. The Morgan fingerprint density at radius 2 is 1.61 bits per heavy atom. The third-order valence-corrected chi connectivity index (χ3v) is 7.85. The molecule has 0 bridgehead atoms. The van der Waals surface area contributed by atoms with Crippen molar-refractivity contribution in [3.8, 4) is 0 Å². The average Bonchev–Trinajstić information content (AvgIpc) is 3.18. The molecule has 0 radical (unpaired) electrons. The van der Waals surface area contributed by atoms with Crippen LogP contribution in [-0.2, 0) is 14.6 Å². The Bertz CT molecular complexity index is 522. The first kappa shape index (κ1) is 17.2. The predicted octanol–water partition coefficient (Wildman–Crippen LogP) is 0.401. The molecule has 3 rings (SSSR count). The largest absolute Gasteiger partial charge is 0.391 e. The molecule has 1 aliphatic heterocycles. The molecule has 0 aromatic carbocycles. The molecule has 1 heterocycles. The van der Waals surface area contributed by atoms with E-state index in [1.807, 2.05) is 0 Å². The van der Waals surface area contributed by atoms with Crippen molar-refractivity contribution in [3.63, 3.8) is 0 Å². The van der Waals surface area contributed by atoms with E-state index in [4.69, 9.17) is 0 Å². The number of rotatable bonds is 4. The highest BCUT2D eigenvalue weighted by Gasteiger charge is 2.35. The lowest BCUT2D eigenvalue weighted by atomic mass is 10.1. The molecule has 1 amide bonds. The number of aliphatic hydroxyl groups is 1. The highest BCUT2D eigenvalue weighted by molar-refractivity contribution is 7.92. The van der Waals surface area contributed by atoms with E-state index in [9.17, 15) is 18.3 Å². The summed E-state index contributed by atoms with van der Waals surface area (Å²) in [5.41, 5.74) is 0. The summed E-state index contributed by atoms with van der Waals surface area (Å²) < 4.78 is 24.6. The first-order valence-electron chi connectivity index (χ1n) is 8.89. The lowest BCUT2D eigenvalue weighted by molar-refractivity contribution is -0.130. The molecule has 132 valence electrons. The van der Waals surface area contributed by atoms with Crippen LogP contribution in [0.25, 0.3) is 0 Å². The minimum Gasteiger partial charge on any atom is -0.391 e. The van der Waals surface area contributed by atoms with Crippen molar-refractivity contribution in [2.75, 3.05) is 31.9 Å². The van der Waals surface area contributed by atoms with Gasteiger partial charge < -0.3 is 10.0 Å². The van der Waals surface area contributed by atoms with Crippen LogP contribution in [0.15, 0.2) is 0 Å². The first-order valence-corrected chi connectivity index (χ1v) is 10.6. The number of carbonyl (C=O) groups is 1. The van der Waals surface area contributed by atoms with Gasteiger partial charge in [0.15, 0.2) is 9.84 Å². The maximum Gasteiger partial charge on any atom is 0.237 e. The van der Waals surface area contributed by atoms with Crippen LogP contribution in [0.3, 0.4) is 0 Å². The molecular weight excluding hydrogens is 316 g/mol. The molecule has 3 aliphatic rings. The SMILES string of the molecule is O=C(CS(=O)(=O)C1CCCC1)N1CCN([C@@H]2CCC[C@H]2O)CC1. The van der Waals surface area contributed by atoms with Gasteiger partial charge in [0, 0.05) is 32.2 Å². The van der Waals surface area contributed by atoms with Crippen molar-refractivity contribution in [3.05, 3.63) is 0 Å². The van der Waals surface area contributed by atoms with Crippen LogP contribution in [0.2, 0.25) is 0 Å². The Hall–Kier alpha value is -0.660. The summed E-state index contributed by atoms with van der Waals surface area (Å²) in [6, 6.07) is 0.217. The smallest absolute Gasteiger partial charge is 0.237 e. The summed E-state index contributed by atoms with van der Waals surface area (Å²) in [6.45, 7) is 2.61. The Labute approximate surface area is 138 Å². The number of amides is 1. The minimum absolute atomic E-state index is 0.217. The van der Waals surface area contributed by atoms with Crippen LogP contribution in [0, 0.1) is 0 Å². The van der Waals surface area contributed by atoms with Gasteiger partial charge in [-0.15, -0.1) is 0 Å². The van der Waals surface area contributed by atoms with Crippen LogP contribution >= 0.6 is 0 Å². The lowest BCUT2D eigenvalue weighted by Gasteiger charge is -2.39. The second kappa shape index (κ2) is 7.07. The van der Waals surface area contributed by atoms with E-state index < -0.39 is 9.84 Å². The van der Waals surface area contributed by atoms with E-state index in [2.05, 4.69) is 4.90 Å². The zero-order chi connectivity index (χ0) is 16.4. The van der Waals surface area contributed by atoms with Gasteiger partial charge in [-0.25, -0.2) is 8.42 Å². The molecule has 0 unspecified atom stereocenters. The van der Waals surface area contributed by atoms with Gasteiger partial charge in [0.1, 0.15) is 5.75 Å². The third kappa shape index (κ3) is 3.88. The molecule has 2 saturated carbocycles. The standard InChI is InChI=1S/C16H28N2O4S/c19-15-7-3-6-14(15)17-8-10-18(11-9-17)16(20)12-23(21,22)13-4-1-2-5-13/h13-15,19H,1-12H2/t14-,15-/m1/s1. The molecule has 23 heavy (non-hydrogen) atoms. The van der Waals surface area contributed by atoms with Gasteiger partial charge >= 0.3 is 0 Å². The Morgan fingerprint density at radius 3 is 2.17 bits per heavy atom. The first-order chi connectivity index (χ1) is 11.0. The molecule has 0 aromatic heterocycles. The summed E-state index contributed by atoms with van der Waals surface area (Å²) in [5.74, 6) is -0.576. The molecule has 1 saturated heterocycles. The highest BCUT2D eigenvalue weighted by Crippen LogP contribution is 2.26. The van der Waals surface area contributed by atoms with Crippen molar-refractivity contribution in [2.45, 2.75) is 62.3 Å². The zero-order valence-electron chi connectivity index (χ0n) is 13.7. The van der Waals surface area contributed by atoms with E-state index >= 15 is 0 Å². The van der Waals surface area contributed by atoms with Crippen LogP contribution in [0.1, 0.15) is 44.9 Å². The summed E-state index contributed by atoms with van der Waals surface area (Å²) >= 11 is 0. The molecular formula is C16H28N2O4S. The van der Waals surface area contributed by atoms with Crippen molar-refractivity contribution in [2.24, 2.45) is 0 Å². The van der Waals surface area contributed by atoms with Gasteiger partial charge in [-0.05, 0) is 32.1 Å². The molecule has 6 nitrogen and oxygen atoms in total. The number of hydrogen-bond donors (Lipinski definition) is 1. The number of nitrogens with zero attached hydrogens (tertiary/aromatic N) is 2. The molecule has 2 aliphatic carbocycles. The number of piperazine rings is 1. The number of hydrogen-bond acceptors (Lipinski definition) is 5. The van der Waals surface area contributed by atoms with Crippen LogP contribution in [-0.4, -0.2) is 78.6 Å². The van der Waals surface area contributed by atoms with Crippen molar-refractivity contribution in [1.29, 1.82) is 0 Å². The maximum atomic E-state index is 12.3. The normalized spacial score (nSPS) is 30.9. The predicted molar refractivity (Wildman–Crippen MR) is 87.8 cm³/mol. The van der Waals surface area contributed by atoms with Gasteiger partial charge in [-0.2, -0.15) is 0 Å². The van der Waals surface area contributed by atoms with E-state index in [0.29, 0.717) is 25.9 Å². The van der Waals surface area contributed by atoms with Crippen molar-refractivity contribution >= 4 is 15.7 Å². The number of carbonyl (C=O) groups excluding carboxylic acids is 1. The average molecular weight is 344 g/mol. The van der Waals surface area contributed by atoms with E-state index in [-0.39, 0.29) is 29.1 Å². The topological polar surface area (TPSA) is 77.9 Å². The summed E-state index contributed by atoms with van der Waals surface area (Å²) in [4.78, 5) is 16.3. The summed E-state index contributed by atoms with van der Waals surface area (Å²) in [6.07, 6.45) is 6.03.